The van der Waals surface area contributed by atoms with E-state index in [1.807, 2.05) is 0 Å². The number of thiophene rings is 1. The minimum absolute atomic E-state index is 0.0216. The van der Waals surface area contributed by atoms with Gasteiger partial charge in [-0.1, -0.05) is 45.4 Å². The highest BCUT2D eigenvalue weighted by Gasteiger charge is 2.38. The smallest absolute Gasteiger partial charge is 0.319 e. The first-order valence-electron chi connectivity index (χ1n) is 15.1. The second-order valence-electron chi connectivity index (χ2n) is 11.5. The van der Waals surface area contributed by atoms with Gasteiger partial charge in [0, 0.05) is 35.6 Å². The van der Waals surface area contributed by atoms with E-state index in [1.54, 1.807) is 4.31 Å². The zero-order valence-electron chi connectivity index (χ0n) is 24.2. The van der Waals surface area contributed by atoms with Gasteiger partial charge in [-0.15, -0.1) is 11.3 Å². The molecule has 0 unspecified atom stereocenters. The molecule has 2 aliphatic carbocycles. The average Bonchev–Trinajstić information content (AvgIpc) is 3.35. The van der Waals surface area contributed by atoms with Crippen LogP contribution in [0.4, 0.5) is 9.80 Å². The van der Waals surface area contributed by atoms with Crippen LogP contribution in [0.15, 0.2) is 29.2 Å². The summed E-state index contributed by atoms with van der Waals surface area (Å²) in [4.78, 5) is 41.1. The molecule has 10 nitrogen and oxygen atoms in total. The molecular formula is C30H41N5O5S2. The summed E-state index contributed by atoms with van der Waals surface area (Å²) >= 11 is 1.31. The van der Waals surface area contributed by atoms with Gasteiger partial charge in [-0.25, -0.2) is 13.2 Å². The van der Waals surface area contributed by atoms with Gasteiger partial charge in [0.05, 0.1) is 10.5 Å². The Balaban J connectivity index is 1.38. The van der Waals surface area contributed by atoms with Crippen molar-refractivity contribution >= 4 is 44.2 Å². The Morgan fingerprint density at radius 2 is 1.55 bits per heavy atom. The molecule has 2 fully saturated rings. The van der Waals surface area contributed by atoms with Crippen molar-refractivity contribution in [3.05, 3.63) is 45.8 Å². The number of fused-ring (bicyclic) bond motifs is 1. The third kappa shape index (κ3) is 6.56. The molecular weight excluding hydrogens is 574 g/mol. The Hall–Kier alpha value is -2.80. The van der Waals surface area contributed by atoms with Gasteiger partial charge in [-0.05, 0) is 68.5 Å². The van der Waals surface area contributed by atoms with Crippen LogP contribution in [0.1, 0.15) is 102 Å². The number of nitrogens with two attached hydrogens (primary N) is 1. The van der Waals surface area contributed by atoms with Gasteiger partial charge in [0.15, 0.2) is 0 Å². The molecule has 2 heterocycles. The Labute approximate surface area is 252 Å². The number of nitrogens with zero attached hydrogens (tertiary/aromatic N) is 2. The lowest BCUT2D eigenvalue weighted by atomic mass is 9.91. The van der Waals surface area contributed by atoms with Gasteiger partial charge >= 0.3 is 6.03 Å². The second kappa shape index (κ2) is 13.2. The molecule has 0 radical (unpaired) electrons. The molecule has 2 saturated carbocycles. The molecule has 4 N–H and O–H groups in total. The fraction of sp³-hybridized carbons (Fsp3) is 0.567. The number of hydrogen-bond acceptors (Lipinski definition) is 7. The van der Waals surface area contributed by atoms with Crippen molar-refractivity contribution in [1.29, 1.82) is 0 Å². The summed E-state index contributed by atoms with van der Waals surface area (Å²) in [6.07, 6.45) is 10.7. The van der Waals surface area contributed by atoms with Gasteiger partial charge in [-0.2, -0.15) is 4.31 Å². The molecule has 4 amide bonds. The van der Waals surface area contributed by atoms with Crippen LogP contribution in [0.3, 0.4) is 0 Å². The number of likely N-dealkylation sites (N-methyl/N-ethyl adjacent to an activating group) is 1. The van der Waals surface area contributed by atoms with E-state index in [4.69, 9.17) is 5.73 Å². The standard InChI is InChI=1S/C30H41N5O5S2/c1-2-34-18-17-24-25(19-34)41-29(26(24)28(37)33-30(31)38)32-27(36)20-13-15-23(16-14-20)42(39,40)35(21-9-5-3-6-10-21)22-11-7-4-8-12-22/h13-16,21-22H,2-12,17-19H2,1H3,(H,32,36)(H3,31,33,37,38). The van der Waals surface area contributed by atoms with E-state index in [-0.39, 0.29) is 28.1 Å². The highest BCUT2D eigenvalue weighted by atomic mass is 32.2. The van der Waals surface area contributed by atoms with Gasteiger partial charge in [0.25, 0.3) is 11.8 Å². The summed E-state index contributed by atoms with van der Waals surface area (Å²) in [5.41, 5.74) is 6.56. The zero-order valence-corrected chi connectivity index (χ0v) is 25.8. The molecule has 5 rings (SSSR count). The summed E-state index contributed by atoms with van der Waals surface area (Å²) in [6, 6.07) is 5.16. The minimum Gasteiger partial charge on any atom is -0.351 e. The van der Waals surface area contributed by atoms with E-state index < -0.39 is 27.9 Å². The Morgan fingerprint density at radius 3 is 2.10 bits per heavy atom. The topological polar surface area (TPSA) is 142 Å². The lowest BCUT2D eigenvalue weighted by Gasteiger charge is -2.40. The molecule has 12 heteroatoms. The maximum atomic E-state index is 14.0. The number of sulfonamides is 1. The molecule has 0 saturated heterocycles. The number of nitrogens with one attached hydrogen (secondary N) is 2. The number of imide groups is 1. The SMILES string of the molecule is CCN1CCc2c(sc(NC(=O)c3ccc(S(=O)(=O)N(C4CCCCC4)C4CCCCC4)cc3)c2C(=O)NC(N)=O)C1. The normalized spacial score (nSPS) is 18.9. The van der Waals surface area contributed by atoms with Crippen LogP contribution in [0.2, 0.25) is 0 Å². The third-order valence-corrected chi connectivity index (χ3v) is 12.0. The number of benzene rings is 1. The molecule has 0 atom stereocenters. The number of rotatable bonds is 8. The summed E-state index contributed by atoms with van der Waals surface area (Å²) < 4.78 is 29.8. The van der Waals surface area contributed by atoms with Crippen LogP contribution < -0.4 is 16.4 Å². The summed E-state index contributed by atoms with van der Waals surface area (Å²) in [5, 5.41) is 5.32. The van der Waals surface area contributed by atoms with Crippen LogP contribution in [0.5, 0.6) is 0 Å². The van der Waals surface area contributed by atoms with Crippen LogP contribution >= 0.6 is 11.3 Å². The highest BCUT2D eigenvalue weighted by Crippen LogP contribution is 2.38. The number of amides is 4. The Morgan fingerprint density at radius 1 is 0.952 bits per heavy atom. The monoisotopic (exact) mass is 615 g/mol. The maximum Gasteiger partial charge on any atom is 0.319 e. The predicted molar refractivity (Wildman–Crippen MR) is 163 cm³/mol. The predicted octanol–water partition coefficient (Wildman–Crippen LogP) is 4.84. The zero-order chi connectivity index (χ0) is 29.9. The van der Waals surface area contributed by atoms with Gasteiger partial charge in [0.2, 0.25) is 10.0 Å². The van der Waals surface area contributed by atoms with E-state index in [1.165, 1.54) is 35.6 Å². The largest absolute Gasteiger partial charge is 0.351 e. The Kier molecular flexibility index (Phi) is 9.66. The molecule has 2 aromatic rings. The second-order valence-corrected chi connectivity index (χ2v) is 14.5. The molecule has 1 aromatic carbocycles. The van der Waals surface area contributed by atoms with Crippen LogP contribution in [-0.2, 0) is 23.0 Å². The molecule has 1 aromatic heterocycles. The van der Waals surface area contributed by atoms with Crippen molar-refractivity contribution in [2.24, 2.45) is 5.73 Å². The van der Waals surface area contributed by atoms with E-state index in [9.17, 15) is 22.8 Å². The number of carbonyl (C=O) groups is 3. The van der Waals surface area contributed by atoms with Crippen molar-refractivity contribution < 1.29 is 22.8 Å². The van der Waals surface area contributed by atoms with Gasteiger partial charge in [-0.3, -0.25) is 19.8 Å². The fourth-order valence-electron chi connectivity index (χ4n) is 6.67. The van der Waals surface area contributed by atoms with Crippen molar-refractivity contribution in [2.45, 2.75) is 101 Å². The van der Waals surface area contributed by atoms with E-state index in [2.05, 4.69) is 22.5 Å². The maximum absolute atomic E-state index is 14.0. The summed E-state index contributed by atoms with van der Waals surface area (Å²) in [5.74, 6) is -1.11. The van der Waals surface area contributed by atoms with E-state index in [0.717, 1.165) is 87.7 Å². The van der Waals surface area contributed by atoms with Crippen molar-refractivity contribution in [3.63, 3.8) is 0 Å². The first-order valence-corrected chi connectivity index (χ1v) is 17.4. The van der Waals surface area contributed by atoms with E-state index >= 15 is 0 Å². The number of primary amides is 1. The first-order chi connectivity index (χ1) is 20.2. The number of urea groups is 1. The lowest BCUT2D eigenvalue weighted by Crippen LogP contribution is -2.48. The molecule has 0 spiro atoms. The van der Waals surface area contributed by atoms with Gasteiger partial charge in [0.1, 0.15) is 5.00 Å². The molecule has 0 bridgehead atoms. The van der Waals surface area contributed by atoms with Crippen molar-refractivity contribution in [2.75, 3.05) is 18.4 Å². The van der Waals surface area contributed by atoms with Crippen molar-refractivity contribution in [3.8, 4) is 0 Å². The average molecular weight is 616 g/mol. The lowest BCUT2D eigenvalue weighted by molar-refractivity contribution is 0.0965. The number of carbonyl (C=O) groups excluding carboxylic acids is 3. The first kappa shape index (κ1) is 30.7. The number of hydrogen-bond donors (Lipinski definition) is 3. The Bertz CT molecular complexity index is 1390. The van der Waals surface area contributed by atoms with Crippen LogP contribution in [0, 0.1) is 0 Å². The molecule has 228 valence electrons. The number of anilines is 1. The summed E-state index contributed by atoms with van der Waals surface area (Å²) in [6.45, 7) is 4.33. The van der Waals surface area contributed by atoms with Crippen molar-refractivity contribution in [1.82, 2.24) is 14.5 Å². The van der Waals surface area contributed by atoms with Gasteiger partial charge < -0.3 is 11.1 Å². The van der Waals surface area contributed by atoms with E-state index in [0.29, 0.717) is 18.0 Å². The molecule has 1 aliphatic heterocycles. The molecule has 3 aliphatic rings. The summed E-state index contributed by atoms with van der Waals surface area (Å²) in [7, 11) is -3.74. The third-order valence-electron chi connectivity index (χ3n) is 8.84. The van der Waals surface area contributed by atoms with Crippen LogP contribution in [0.25, 0.3) is 0 Å². The quantitative estimate of drug-likeness (QED) is 0.388. The highest BCUT2D eigenvalue weighted by molar-refractivity contribution is 7.89. The molecule has 42 heavy (non-hydrogen) atoms. The minimum atomic E-state index is -3.74. The van der Waals surface area contributed by atoms with Crippen LogP contribution in [-0.4, -0.2) is 60.6 Å². The fourth-order valence-corrected chi connectivity index (χ4v) is 9.88.